The van der Waals surface area contributed by atoms with Crippen molar-refractivity contribution in [3.8, 4) is 12.1 Å². The third-order valence-corrected chi connectivity index (χ3v) is 4.90. The first kappa shape index (κ1) is 23.9. The van der Waals surface area contributed by atoms with E-state index in [0.29, 0.717) is 36.4 Å². The van der Waals surface area contributed by atoms with Crippen LogP contribution in [0.5, 0.6) is 0 Å². The molecule has 0 saturated heterocycles. The van der Waals surface area contributed by atoms with E-state index in [1.807, 2.05) is 0 Å². The molecule has 3 aromatic heterocycles. The van der Waals surface area contributed by atoms with E-state index in [0.717, 1.165) is 0 Å². The van der Waals surface area contributed by atoms with E-state index in [-0.39, 0.29) is 33.4 Å². The molecule has 0 bridgehead atoms. The summed E-state index contributed by atoms with van der Waals surface area (Å²) in [4.78, 5) is 12.1. The van der Waals surface area contributed by atoms with Crippen LogP contribution in [0.25, 0.3) is 21.7 Å². The number of rotatable bonds is 3. The molecule has 0 radical (unpaired) electrons. The molecule has 0 aliphatic heterocycles. The van der Waals surface area contributed by atoms with Crippen molar-refractivity contribution in [3.63, 3.8) is 0 Å². The highest BCUT2D eigenvalue weighted by Crippen LogP contribution is 2.56. The van der Waals surface area contributed by atoms with Crippen LogP contribution in [0.15, 0.2) is 53.1 Å². The van der Waals surface area contributed by atoms with Crippen LogP contribution in [-0.4, -0.2) is 15.0 Å². The zero-order chi connectivity index (χ0) is 26.1. The molecule has 174 valence electrons. The van der Waals surface area contributed by atoms with Gasteiger partial charge < -0.3 is 0 Å². The molecule has 1 fully saturated rings. The van der Waals surface area contributed by atoms with E-state index in [2.05, 4.69) is 19.8 Å². The Hall–Kier alpha value is -5.28. The summed E-state index contributed by atoms with van der Waals surface area (Å²) >= 11 is 0. The fourth-order valence-corrected chi connectivity index (χ4v) is 3.54. The second-order valence-electron chi connectivity index (χ2n) is 7.06. The van der Waals surface area contributed by atoms with Gasteiger partial charge in [-0.15, -0.1) is 0 Å². The van der Waals surface area contributed by atoms with Gasteiger partial charge in [-0.05, 0) is 34.4 Å². The van der Waals surface area contributed by atoms with Crippen LogP contribution in [0.2, 0.25) is 0 Å². The lowest BCUT2D eigenvalue weighted by Crippen LogP contribution is -1.93. The average molecular weight is 492 g/mol. The number of nitrogens with zero attached hydrogens (tertiary/aromatic N) is 6. The number of allylic oxidation sites excluding steroid dienone is 5. The minimum atomic E-state index is -1.28. The van der Waals surface area contributed by atoms with Gasteiger partial charge >= 0.3 is 0 Å². The van der Waals surface area contributed by atoms with Gasteiger partial charge in [0.2, 0.25) is 41.4 Å². The molecule has 3 aromatic rings. The third kappa shape index (κ3) is 4.41. The first-order valence-corrected chi connectivity index (χ1v) is 9.58. The van der Waals surface area contributed by atoms with E-state index in [1.54, 1.807) is 12.1 Å². The summed E-state index contributed by atoms with van der Waals surface area (Å²) in [5, 5.41) is 19.6. The lowest BCUT2D eigenvalue weighted by Gasteiger charge is -2.00. The molecule has 36 heavy (non-hydrogen) atoms. The van der Waals surface area contributed by atoms with E-state index in [9.17, 15) is 36.9 Å². The highest BCUT2D eigenvalue weighted by atomic mass is 19.2. The number of halogens is 6. The van der Waals surface area contributed by atoms with Gasteiger partial charge in [-0.2, -0.15) is 51.8 Å². The van der Waals surface area contributed by atoms with Crippen LogP contribution in [0.4, 0.5) is 26.3 Å². The Bertz CT molecular complexity index is 1410. The smallest absolute Gasteiger partial charge is 0.216 e. The van der Waals surface area contributed by atoms with E-state index in [1.165, 1.54) is 0 Å². The van der Waals surface area contributed by atoms with Crippen LogP contribution in [0.3, 0.4) is 0 Å². The second kappa shape index (κ2) is 9.16. The highest BCUT2D eigenvalue weighted by Gasteiger charge is 2.41. The van der Waals surface area contributed by atoms with E-state index >= 15 is 0 Å². The van der Waals surface area contributed by atoms with Gasteiger partial charge in [0, 0.05) is 35.4 Å². The maximum absolute atomic E-state index is 13.8. The maximum atomic E-state index is 13.8. The topological polar surface area (TPSA) is 90.6 Å². The Morgan fingerprint density at radius 1 is 0.583 bits per heavy atom. The van der Waals surface area contributed by atoms with Gasteiger partial charge in [0.25, 0.3) is 0 Å². The van der Waals surface area contributed by atoms with Gasteiger partial charge in [0.05, 0.1) is 17.7 Å². The first-order valence-electron chi connectivity index (χ1n) is 9.58. The molecular weight excluding hydrogens is 486 g/mol. The quantitative estimate of drug-likeness (QED) is 0.214. The third-order valence-electron chi connectivity index (χ3n) is 4.90. The molecule has 0 amide bonds. The molecule has 0 N–H and O–H groups in total. The molecule has 0 atom stereocenters. The molecule has 0 aromatic carbocycles. The largest absolute Gasteiger partial charge is 0.237 e. The SMILES string of the molecule is [C-]#[N+]C(=C1C(=C(\C#N)c2cc(F)nc(F)c2)/C1=C(\C#N)c1cc(F)nc(F)c1)c1cc(F)nc(F)c1. The summed E-state index contributed by atoms with van der Waals surface area (Å²) in [7, 11) is 0. The average Bonchev–Trinajstić information content (AvgIpc) is 3.47. The van der Waals surface area contributed by atoms with Crippen molar-refractivity contribution in [2.24, 2.45) is 0 Å². The molecule has 12 heteroatoms. The van der Waals surface area contributed by atoms with Gasteiger partial charge in [0.1, 0.15) is 12.1 Å². The summed E-state index contributed by atoms with van der Waals surface area (Å²) in [6.07, 6.45) is 0. The number of pyridine rings is 3. The summed E-state index contributed by atoms with van der Waals surface area (Å²) < 4.78 is 82.6. The van der Waals surface area contributed by atoms with Crippen molar-refractivity contribution in [3.05, 3.63) is 117 Å². The Morgan fingerprint density at radius 3 is 1.17 bits per heavy atom. The van der Waals surface area contributed by atoms with Crippen LogP contribution < -0.4 is 0 Å². The predicted molar refractivity (Wildman–Crippen MR) is 111 cm³/mol. The molecule has 0 spiro atoms. The van der Waals surface area contributed by atoms with Gasteiger partial charge in [-0.25, -0.2) is 4.85 Å². The number of hydrogen-bond donors (Lipinski definition) is 0. The van der Waals surface area contributed by atoms with Crippen molar-refractivity contribution in [1.82, 2.24) is 15.0 Å². The van der Waals surface area contributed by atoms with Crippen LogP contribution in [0.1, 0.15) is 16.7 Å². The summed E-state index contributed by atoms with van der Waals surface area (Å²) in [6.45, 7) is 7.56. The monoisotopic (exact) mass is 492 g/mol. The van der Waals surface area contributed by atoms with Gasteiger partial charge in [-0.3, -0.25) is 0 Å². The molecule has 6 nitrogen and oxygen atoms in total. The fourth-order valence-electron chi connectivity index (χ4n) is 3.54. The fraction of sp³-hybridized carbons (Fsp3) is 0. The maximum Gasteiger partial charge on any atom is 0.216 e. The molecular formula is C24H6F6N6. The molecule has 0 unspecified atom stereocenters. The lowest BCUT2D eigenvalue weighted by molar-refractivity contribution is 0.511. The van der Waals surface area contributed by atoms with Crippen LogP contribution in [0, 0.1) is 64.9 Å². The highest BCUT2D eigenvalue weighted by molar-refractivity contribution is 6.11. The summed E-state index contributed by atoms with van der Waals surface area (Å²) in [5.74, 6) is -7.67. The molecule has 1 aliphatic carbocycles. The number of hydrogen-bond acceptors (Lipinski definition) is 5. The number of nitriles is 2. The zero-order valence-electron chi connectivity index (χ0n) is 17.4. The predicted octanol–water partition coefficient (Wildman–Crippen LogP) is 5.30. The minimum Gasteiger partial charge on any atom is -0.237 e. The number of aromatic nitrogens is 3. The Morgan fingerprint density at radius 2 is 0.889 bits per heavy atom. The van der Waals surface area contributed by atoms with Crippen LogP contribution in [-0.2, 0) is 0 Å². The molecule has 1 aliphatic rings. The summed E-state index contributed by atoms with van der Waals surface area (Å²) in [5.41, 5.74) is -2.88. The standard InChI is InChI=1S/C24H6F6N6/c1-33-24(12-6-19(29)36-20(30)7-12)23-21(13(8-31)10-2-15(25)34-16(26)3-10)22(23)14(9-32)11-4-17(27)35-18(28)5-11/h2-7H/b21-13-,22-14+,24-23?. The lowest BCUT2D eigenvalue weighted by atomic mass is 10.0. The Balaban J connectivity index is 2.14. The van der Waals surface area contributed by atoms with Gasteiger partial charge in [-0.1, -0.05) is 0 Å². The minimum absolute atomic E-state index is 0.194. The normalized spacial score (nSPS) is 16.4. The van der Waals surface area contributed by atoms with Crippen LogP contribution >= 0.6 is 0 Å². The summed E-state index contributed by atoms with van der Waals surface area (Å²) in [6, 6.07) is 7.71. The van der Waals surface area contributed by atoms with Crippen molar-refractivity contribution >= 4 is 16.8 Å². The Labute approximate surface area is 198 Å². The van der Waals surface area contributed by atoms with Crippen molar-refractivity contribution in [2.45, 2.75) is 0 Å². The van der Waals surface area contributed by atoms with E-state index in [4.69, 9.17) is 6.57 Å². The van der Waals surface area contributed by atoms with Crippen molar-refractivity contribution in [1.29, 1.82) is 10.5 Å². The zero-order valence-corrected chi connectivity index (χ0v) is 17.4. The van der Waals surface area contributed by atoms with Crippen molar-refractivity contribution < 1.29 is 26.3 Å². The second-order valence-corrected chi connectivity index (χ2v) is 7.06. The molecule has 4 rings (SSSR count). The molecule has 3 heterocycles. The molecule has 1 saturated carbocycles. The van der Waals surface area contributed by atoms with Crippen molar-refractivity contribution in [2.75, 3.05) is 0 Å². The van der Waals surface area contributed by atoms with E-state index < -0.39 is 52.5 Å². The Kier molecular flexibility index (Phi) is 6.07. The van der Waals surface area contributed by atoms with Gasteiger partial charge in [0.15, 0.2) is 0 Å². The first-order chi connectivity index (χ1) is 17.2.